The highest BCUT2D eigenvalue weighted by Crippen LogP contribution is 2.04. The lowest BCUT2D eigenvalue weighted by molar-refractivity contribution is 0.271. The average molecular weight is 216 g/mol. The van der Waals surface area contributed by atoms with Crippen LogP contribution in [0.1, 0.15) is 11.4 Å². The van der Waals surface area contributed by atoms with Crippen molar-refractivity contribution < 1.29 is 5.11 Å². The highest BCUT2D eigenvalue weighted by molar-refractivity contribution is 5.33. The summed E-state index contributed by atoms with van der Waals surface area (Å²) in [5.74, 6) is 1.11. The Bertz CT molecular complexity index is 447. The maximum absolute atomic E-state index is 8.88. The van der Waals surface area contributed by atoms with Gasteiger partial charge in [0.05, 0.1) is 0 Å². The van der Waals surface area contributed by atoms with Crippen molar-refractivity contribution in [2.75, 3.05) is 5.32 Å². The monoisotopic (exact) mass is 216 g/mol. The van der Waals surface area contributed by atoms with Gasteiger partial charge in [-0.05, 0) is 17.7 Å². The molecule has 0 bridgehead atoms. The Morgan fingerprint density at radius 3 is 2.94 bits per heavy atom. The third kappa shape index (κ3) is 2.74. The van der Waals surface area contributed by atoms with E-state index in [1.54, 1.807) is 24.7 Å². The van der Waals surface area contributed by atoms with Crippen molar-refractivity contribution in [1.29, 1.82) is 0 Å². The van der Waals surface area contributed by atoms with E-state index in [1.165, 1.54) is 0 Å². The number of nitrogens with one attached hydrogen (secondary N) is 1. The summed E-state index contributed by atoms with van der Waals surface area (Å²) < 4.78 is 0. The molecule has 0 radical (unpaired) electrons. The molecule has 82 valence electrons. The Morgan fingerprint density at radius 1 is 1.25 bits per heavy atom. The number of nitrogens with zero attached hydrogens (tertiary/aromatic N) is 3. The largest absolute Gasteiger partial charge is 0.388 e. The molecule has 2 aromatic heterocycles. The summed E-state index contributed by atoms with van der Waals surface area (Å²) in [6.07, 6.45) is 5.14. The summed E-state index contributed by atoms with van der Waals surface area (Å²) in [4.78, 5) is 12.0. The molecule has 0 amide bonds. The van der Waals surface area contributed by atoms with Gasteiger partial charge in [0.25, 0.3) is 0 Å². The molecule has 5 nitrogen and oxygen atoms in total. The fourth-order valence-electron chi connectivity index (χ4n) is 1.27. The van der Waals surface area contributed by atoms with Gasteiger partial charge >= 0.3 is 0 Å². The van der Waals surface area contributed by atoms with Crippen molar-refractivity contribution >= 4 is 5.82 Å². The van der Waals surface area contributed by atoms with Crippen LogP contribution >= 0.6 is 0 Å². The summed E-state index contributed by atoms with van der Waals surface area (Å²) >= 11 is 0. The maximum Gasteiger partial charge on any atom is 0.156 e. The maximum atomic E-state index is 8.88. The molecule has 2 rings (SSSR count). The normalized spacial score (nSPS) is 10.1. The number of hydrogen-bond donors (Lipinski definition) is 2. The van der Waals surface area contributed by atoms with Crippen molar-refractivity contribution in [1.82, 2.24) is 15.0 Å². The Balaban J connectivity index is 1.99. The van der Waals surface area contributed by atoms with Gasteiger partial charge in [0.2, 0.25) is 0 Å². The van der Waals surface area contributed by atoms with Gasteiger partial charge in [0.15, 0.2) is 5.82 Å². The summed E-state index contributed by atoms with van der Waals surface area (Å²) in [6, 6.07) is 5.62. The molecule has 5 heteroatoms. The highest BCUT2D eigenvalue weighted by Gasteiger charge is 1.97. The first-order valence-corrected chi connectivity index (χ1v) is 4.94. The summed E-state index contributed by atoms with van der Waals surface area (Å²) in [7, 11) is 0. The SMILES string of the molecule is OCc1nccc(NCc2cccnc2)n1. The molecule has 2 N–H and O–H groups in total. The molecule has 0 aliphatic carbocycles. The Labute approximate surface area is 93.2 Å². The van der Waals surface area contributed by atoms with Gasteiger partial charge in [-0.1, -0.05) is 6.07 Å². The van der Waals surface area contributed by atoms with E-state index < -0.39 is 0 Å². The van der Waals surface area contributed by atoms with Crippen LogP contribution in [0.15, 0.2) is 36.8 Å². The number of aromatic nitrogens is 3. The van der Waals surface area contributed by atoms with Gasteiger partial charge in [-0.2, -0.15) is 0 Å². The molecule has 0 saturated carbocycles. The zero-order valence-corrected chi connectivity index (χ0v) is 8.67. The minimum atomic E-state index is -0.150. The van der Waals surface area contributed by atoms with Crippen LogP contribution in [-0.4, -0.2) is 20.1 Å². The second-order valence-corrected chi connectivity index (χ2v) is 3.23. The smallest absolute Gasteiger partial charge is 0.156 e. The average Bonchev–Trinajstić information content (AvgIpc) is 2.38. The van der Waals surface area contributed by atoms with Crippen LogP contribution in [0, 0.1) is 0 Å². The van der Waals surface area contributed by atoms with Crippen LogP contribution in [-0.2, 0) is 13.2 Å². The number of hydrogen-bond acceptors (Lipinski definition) is 5. The van der Waals surface area contributed by atoms with Gasteiger partial charge in [-0.15, -0.1) is 0 Å². The fraction of sp³-hybridized carbons (Fsp3) is 0.182. The van der Waals surface area contributed by atoms with E-state index in [0.717, 1.165) is 5.56 Å². The number of rotatable bonds is 4. The van der Waals surface area contributed by atoms with Gasteiger partial charge < -0.3 is 10.4 Å². The van der Waals surface area contributed by atoms with Gasteiger partial charge in [0.1, 0.15) is 12.4 Å². The number of aliphatic hydroxyl groups is 1. The number of aliphatic hydroxyl groups excluding tert-OH is 1. The van der Waals surface area contributed by atoms with Crippen molar-refractivity contribution in [2.24, 2.45) is 0 Å². The molecule has 0 spiro atoms. The molecule has 0 atom stereocenters. The Kier molecular flexibility index (Phi) is 3.40. The minimum Gasteiger partial charge on any atom is -0.388 e. The molecule has 16 heavy (non-hydrogen) atoms. The molecular formula is C11H12N4O. The Morgan fingerprint density at radius 2 is 2.19 bits per heavy atom. The number of pyridine rings is 1. The molecule has 0 aliphatic heterocycles. The van der Waals surface area contributed by atoms with E-state index in [4.69, 9.17) is 5.11 Å². The van der Waals surface area contributed by atoms with Gasteiger partial charge in [0, 0.05) is 25.1 Å². The standard InChI is InChI=1S/C11H12N4O/c16-8-11-13-5-3-10(15-11)14-7-9-2-1-4-12-6-9/h1-6,16H,7-8H2,(H,13,14,15). The molecule has 2 heterocycles. The summed E-state index contributed by atoms with van der Waals surface area (Å²) in [5, 5.41) is 12.0. The van der Waals surface area contributed by atoms with Crippen LogP contribution in [0.5, 0.6) is 0 Å². The topological polar surface area (TPSA) is 70.9 Å². The van der Waals surface area contributed by atoms with E-state index in [0.29, 0.717) is 18.2 Å². The lowest BCUT2D eigenvalue weighted by Gasteiger charge is -2.05. The van der Waals surface area contributed by atoms with E-state index in [1.807, 2.05) is 12.1 Å². The van der Waals surface area contributed by atoms with E-state index >= 15 is 0 Å². The van der Waals surface area contributed by atoms with Crippen LogP contribution < -0.4 is 5.32 Å². The third-order valence-corrected chi connectivity index (χ3v) is 2.04. The molecule has 0 aliphatic rings. The fourth-order valence-corrected chi connectivity index (χ4v) is 1.27. The molecular weight excluding hydrogens is 204 g/mol. The predicted octanol–water partition coefficient (Wildman–Crippen LogP) is 0.976. The van der Waals surface area contributed by atoms with Crippen LogP contribution in [0.2, 0.25) is 0 Å². The predicted molar refractivity (Wildman–Crippen MR) is 59.5 cm³/mol. The lowest BCUT2D eigenvalue weighted by Crippen LogP contribution is -2.04. The molecule has 0 unspecified atom stereocenters. The molecule has 0 aromatic carbocycles. The van der Waals surface area contributed by atoms with Crippen molar-refractivity contribution in [3.8, 4) is 0 Å². The highest BCUT2D eigenvalue weighted by atomic mass is 16.3. The van der Waals surface area contributed by atoms with E-state index in [9.17, 15) is 0 Å². The zero-order chi connectivity index (χ0) is 11.2. The van der Waals surface area contributed by atoms with Crippen molar-refractivity contribution in [3.63, 3.8) is 0 Å². The van der Waals surface area contributed by atoms with Gasteiger partial charge in [-0.3, -0.25) is 4.98 Å². The quantitative estimate of drug-likeness (QED) is 0.797. The first-order chi connectivity index (χ1) is 7.88. The Hall–Kier alpha value is -2.01. The molecule has 2 aromatic rings. The zero-order valence-electron chi connectivity index (χ0n) is 8.67. The summed E-state index contributed by atoms with van der Waals surface area (Å²) in [6.45, 7) is 0.498. The lowest BCUT2D eigenvalue weighted by atomic mass is 10.3. The van der Waals surface area contributed by atoms with Crippen LogP contribution in [0.4, 0.5) is 5.82 Å². The first-order valence-electron chi connectivity index (χ1n) is 4.94. The third-order valence-electron chi connectivity index (χ3n) is 2.04. The second-order valence-electron chi connectivity index (χ2n) is 3.23. The van der Waals surface area contributed by atoms with Crippen LogP contribution in [0.25, 0.3) is 0 Å². The van der Waals surface area contributed by atoms with Crippen molar-refractivity contribution in [3.05, 3.63) is 48.2 Å². The molecule has 0 saturated heterocycles. The van der Waals surface area contributed by atoms with Crippen LogP contribution in [0.3, 0.4) is 0 Å². The van der Waals surface area contributed by atoms with E-state index in [-0.39, 0.29) is 6.61 Å². The first kappa shape index (κ1) is 10.5. The van der Waals surface area contributed by atoms with Gasteiger partial charge in [-0.25, -0.2) is 9.97 Å². The molecule has 0 fully saturated rings. The number of anilines is 1. The second kappa shape index (κ2) is 5.18. The van der Waals surface area contributed by atoms with Crippen molar-refractivity contribution in [2.45, 2.75) is 13.2 Å². The van der Waals surface area contributed by atoms with E-state index in [2.05, 4.69) is 20.3 Å². The minimum absolute atomic E-state index is 0.150. The summed E-state index contributed by atoms with van der Waals surface area (Å²) in [5.41, 5.74) is 1.08.